The topological polar surface area (TPSA) is 69.4 Å². The summed E-state index contributed by atoms with van der Waals surface area (Å²) in [5.74, 6) is 0.614. The summed E-state index contributed by atoms with van der Waals surface area (Å²) in [6.07, 6.45) is 1.17. The van der Waals surface area contributed by atoms with Gasteiger partial charge in [-0.15, -0.1) is 0 Å². The lowest BCUT2D eigenvalue weighted by atomic mass is 10.1. The van der Waals surface area contributed by atoms with Gasteiger partial charge in [0, 0.05) is 12.8 Å². The third kappa shape index (κ3) is 3.50. The molecule has 0 spiro atoms. The first-order valence-corrected chi connectivity index (χ1v) is 6.83. The minimum atomic E-state index is -3.15. The van der Waals surface area contributed by atoms with Gasteiger partial charge >= 0.3 is 0 Å². The monoisotopic (exact) mass is 243 g/mol. The molecule has 0 bridgehead atoms. The van der Waals surface area contributed by atoms with Crippen molar-refractivity contribution >= 4 is 9.84 Å². The zero-order chi connectivity index (χ0) is 12.4. The van der Waals surface area contributed by atoms with Crippen LogP contribution in [0, 0.1) is 0 Å². The molecule has 0 unspecified atom stereocenters. The zero-order valence-electron chi connectivity index (χ0n) is 9.73. The fraction of sp³-hybridized carbons (Fsp3) is 0.455. The van der Waals surface area contributed by atoms with E-state index in [1.165, 1.54) is 18.4 Å². The van der Waals surface area contributed by atoms with Gasteiger partial charge in [0.2, 0.25) is 0 Å². The van der Waals surface area contributed by atoms with Crippen LogP contribution in [0.1, 0.15) is 13.8 Å². The molecule has 0 heterocycles. The maximum Gasteiger partial charge on any atom is 0.175 e. The van der Waals surface area contributed by atoms with Gasteiger partial charge in [-0.1, -0.05) is 0 Å². The number of ether oxygens (including phenoxy) is 1. The fourth-order valence-corrected chi connectivity index (χ4v) is 1.75. The molecule has 4 nitrogen and oxygen atoms in total. The first-order chi connectivity index (χ1) is 7.24. The lowest BCUT2D eigenvalue weighted by molar-refractivity contribution is 0.119. The molecule has 0 amide bonds. The van der Waals surface area contributed by atoms with Gasteiger partial charge < -0.3 is 10.5 Å². The van der Waals surface area contributed by atoms with Crippen LogP contribution in [0.3, 0.4) is 0 Å². The Kier molecular flexibility index (Phi) is 3.60. The standard InChI is InChI=1S/C11H17NO3S/c1-11(2,8-12)15-9-4-6-10(7-5-9)16(3,13)14/h4-7H,8,12H2,1-3H3. The van der Waals surface area contributed by atoms with Crippen LogP contribution in [0.15, 0.2) is 29.2 Å². The van der Waals surface area contributed by atoms with Crippen LogP contribution in [0.25, 0.3) is 0 Å². The van der Waals surface area contributed by atoms with Crippen molar-refractivity contribution in [1.82, 2.24) is 0 Å². The first kappa shape index (κ1) is 13.0. The summed E-state index contributed by atoms with van der Waals surface area (Å²) in [6.45, 7) is 4.13. The van der Waals surface area contributed by atoms with Crippen LogP contribution in [0.5, 0.6) is 5.75 Å². The van der Waals surface area contributed by atoms with Crippen molar-refractivity contribution in [1.29, 1.82) is 0 Å². The largest absolute Gasteiger partial charge is 0.487 e. The van der Waals surface area contributed by atoms with E-state index in [0.29, 0.717) is 12.3 Å². The molecular formula is C11H17NO3S. The van der Waals surface area contributed by atoms with Crippen molar-refractivity contribution in [3.63, 3.8) is 0 Å². The van der Waals surface area contributed by atoms with Crippen molar-refractivity contribution in [2.75, 3.05) is 12.8 Å². The Morgan fingerprint density at radius 3 is 2.12 bits per heavy atom. The van der Waals surface area contributed by atoms with E-state index in [1.54, 1.807) is 12.1 Å². The Labute approximate surface area is 96.3 Å². The van der Waals surface area contributed by atoms with E-state index in [1.807, 2.05) is 13.8 Å². The predicted molar refractivity (Wildman–Crippen MR) is 63.3 cm³/mol. The summed E-state index contributed by atoms with van der Waals surface area (Å²) >= 11 is 0. The van der Waals surface area contributed by atoms with Crippen LogP contribution < -0.4 is 10.5 Å². The van der Waals surface area contributed by atoms with Crippen LogP contribution >= 0.6 is 0 Å². The van der Waals surface area contributed by atoms with Gasteiger partial charge in [0.05, 0.1) is 4.90 Å². The van der Waals surface area contributed by atoms with Gasteiger partial charge in [0.25, 0.3) is 0 Å². The number of nitrogens with two attached hydrogens (primary N) is 1. The van der Waals surface area contributed by atoms with Crippen molar-refractivity contribution < 1.29 is 13.2 Å². The van der Waals surface area contributed by atoms with Gasteiger partial charge in [-0.05, 0) is 38.1 Å². The Morgan fingerprint density at radius 1 is 1.25 bits per heavy atom. The maximum absolute atomic E-state index is 11.2. The summed E-state index contributed by atoms with van der Waals surface area (Å²) in [7, 11) is -3.15. The van der Waals surface area contributed by atoms with Gasteiger partial charge in [-0.25, -0.2) is 8.42 Å². The molecule has 1 aromatic carbocycles. The highest BCUT2D eigenvalue weighted by Gasteiger charge is 2.17. The third-order valence-electron chi connectivity index (χ3n) is 2.14. The molecule has 0 aliphatic carbocycles. The summed E-state index contributed by atoms with van der Waals surface area (Å²) in [5, 5.41) is 0. The molecule has 0 aliphatic heterocycles. The number of rotatable bonds is 4. The summed E-state index contributed by atoms with van der Waals surface area (Å²) in [5.41, 5.74) is 5.08. The molecule has 16 heavy (non-hydrogen) atoms. The average Bonchev–Trinajstić information content (AvgIpc) is 2.16. The van der Waals surface area contributed by atoms with E-state index in [9.17, 15) is 8.42 Å². The van der Waals surface area contributed by atoms with E-state index in [4.69, 9.17) is 10.5 Å². The van der Waals surface area contributed by atoms with Crippen molar-refractivity contribution in [3.8, 4) is 5.75 Å². The molecule has 0 radical (unpaired) electrons. The van der Waals surface area contributed by atoms with E-state index >= 15 is 0 Å². The Morgan fingerprint density at radius 2 is 1.75 bits per heavy atom. The molecule has 2 N–H and O–H groups in total. The summed E-state index contributed by atoms with van der Waals surface area (Å²) in [6, 6.07) is 6.32. The number of sulfone groups is 1. The van der Waals surface area contributed by atoms with E-state index in [2.05, 4.69) is 0 Å². The Balaban J connectivity index is 2.89. The van der Waals surface area contributed by atoms with Gasteiger partial charge in [-0.3, -0.25) is 0 Å². The number of hydrogen-bond acceptors (Lipinski definition) is 4. The normalized spacial score (nSPS) is 12.5. The SMILES string of the molecule is CC(C)(CN)Oc1ccc(S(C)(=O)=O)cc1. The minimum Gasteiger partial charge on any atom is -0.487 e. The quantitative estimate of drug-likeness (QED) is 0.863. The van der Waals surface area contributed by atoms with Crippen molar-refractivity contribution in [3.05, 3.63) is 24.3 Å². The molecule has 1 rings (SSSR count). The first-order valence-electron chi connectivity index (χ1n) is 4.94. The molecule has 0 fully saturated rings. The van der Waals surface area contributed by atoms with Gasteiger partial charge in [0.1, 0.15) is 11.4 Å². The highest BCUT2D eigenvalue weighted by Crippen LogP contribution is 2.20. The molecular weight excluding hydrogens is 226 g/mol. The third-order valence-corrected chi connectivity index (χ3v) is 3.27. The van der Waals surface area contributed by atoms with E-state index in [0.717, 1.165) is 0 Å². The molecule has 0 atom stereocenters. The smallest absolute Gasteiger partial charge is 0.175 e. The second-order valence-corrected chi connectivity index (χ2v) is 6.33. The van der Waals surface area contributed by atoms with E-state index in [-0.39, 0.29) is 4.90 Å². The van der Waals surface area contributed by atoms with Crippen LogP contribution in [-0.2, 0) is 9.84 Å². The molecule has 0 saturated heterocycles. The Bertz CT molecular complexity index is 449. The van der Waals surface area contributed by atoms with E-state index < -0.39 is 15.4 Å². The maximum atomic E-state index is 11.2. The molecule has 0 saturated carbocycles. The second-order valence-electron chi connectivity index (χ2n) is 4.31. The lowest BCUT2D eigenvalue weighted by Gasteiger charge is -2.24. The second kappa shape index (κ2) is 4.43. The lowest BCUT2D eigenvalue weighted by Crippen LogP contribution is -2.37. The highest BCUT2D eigenvalue weighted by atomic mass is 32.2. The van der Waals surface area contributed by atoms with Crippen LogP contribution in [0.2, 0.25) is 0 Å². The molecule has 5 heteroatoms. The van der Waals surface area contributed by atoms with Crippen LogP contribution in [-0.4, -0.2) is 26.8 Å². The van der Waals surface area contributed by atoms with Crippen molar-refractivity contribution in [2.24, 2.45) is 5.73 Å². The predicted octanol–water partition coefficient (Wildman–Crippen LogP) is 1.21. The Hall–Kier alpha value is -1.07. The number of hydrogen-bond donors (Lipinski definition) is 1. The van der Waals surface area contributed by atoms with Crippen LogP contribution in [0.4, 0.5) is 0 Å². The molecule has 0 aliphatic rings. The molecule has 1 aromatic rings. The minimum absolute atomic E-state index is 0.283. The molecule has 90 valence electrons. The number of benzene rings is 1. The highest BCUT2D eigenvalue weighted by molar-refractivity contribution is 7.90. The fourth-order valence-electron chi connectivity index (χ4n) is 1.12. The zero-order valence-corrected chi connectivity index (χ0v) is 10.5. The average molecular weight is 243 g/mol. The van der Waals surface area contributed by atoms with Crippen molar-refractivity contribution in [2.45, 2.75) is 24.3 Å². The van der Waals surface area contributed by atoms with Gasteiger partial charge in [0.15, 0.2) is 9.84 Å². The van der Waals surface area contributed by atoms with Gasteiger partial charge in [-0.2, -0.15) is 0 Å². The summed E-state index contributed by atoms with van der Waals surface area (Å²) < 4.78 is 28.0. The molecule has 0 aromatic heterocycles. The summed E-state index contributed by atoms with van der Waals surface area (Å²) in [4.78, 5) is 0.283.